The molecule has 29 heavy (non-hydrogen) atoms. The summed E-state index contributed by atoms with van der Waals surface area (Å²) in [4.78, 5) is 38.4. The predicted molar refractivity (Wildman–Crippen MR) is 118 cm³/mol. The highest BCUT2D eigenvalue weighted by molar-refractivity contribution is 9.10. The van der Waals surface area contributed by atoms with Gasteiger partial charge in [0, 0.05) is 15.7 Å². The number of nitrogens with zero attached hydrogens (tertiary/aromatic N) is 2. The van der Waals surface area contributed by atoms with Crippen molar-refractivity contribution >= 4 is 86.1 Å². The minimum atomic E-state index is -1.27. The summed E-state index contributed by atoms with van der Waals surface area (Å²) >= 11 is 20.2. The highest BCUT2D eigenvalue weighted by Gasteiger charge is 2.38. The molecule has 0 saturated carbocycles. The molecule has 3 rings (SSSR count). The van der Waals surface area contributed by atoms with Crippen LogP contribution >= 0.6 is 51.3 Å². The van der Waals surface area contributed by atoms with E-state index < -0.39 is 23.6 Å². The lowest BCUT2D eigenvalue weighted by Crippen LogP contribution is -2.58. The highest BCUT2D eigenvalue weighted by Crippen LogP contribution is 2.23. The molecule has 3 amide bonds. The number of anilines is 1. The monoisotopic (exact) mass is 512 g/mol. The highest BCUT2D eigenvalue weighted by atomic mass is 79.9. The van der Waals surface area contributed by atoms with Gasteiger partial charge in [-0.15, -0.1) is 0 Å². The zero-order valence-corrected chi connectivity index (χ0v) is 18.3. The van der Waals surface area contributed by atoms with E-state index in [1.165, 1.54) is 23.1 Å². The van der Waals surface area contributed by atoms with E-state index in [0.717, 1.165) is 10.7 Å². The number of carbonyl (C=O) groups is 3. The van der Waals surface area contributed by atoms with Gasteiger partial charge in [0.05, 0.1) is 16.3 Å². The number of nitrogens with one attached hydrogen (secondary N) is 2. The Kier molecular flexibility index (Phi) is 6.63. The first-order valence-corrected chi connectivity index (χ1v) is 9.96. The molecule has 2 aromatic rings. The summed E-state index contributed by atoms with van der Waals surface area (Å²) in [5.41, 5.74) is 2.86. The molecular weight excluding hydrogens is 503 g/mol. The normalized spacial score (nSPS) is 16.9. The summed E-state index contributed by atoms with van der Waals surface area (Å²) in [7, 11) is 0. The van der Waals surface area contributed by atoms with Crippen molar-refractivity contribution in [3.05, 3.63) is 62.5 Å². The van der Waals surface area contributed by atoms with Crippen molar-refractivity contribution in [2.75, 3.05) is 4.90 Å². The Morgan fingerprint density at radius 3 is 2.55 bits per heavy atom. The molecule has 148 valence electrons. The number of thiocarbonyl (C=S) groups is 1. The quantitative estimate of drug-likeness (QED) is 0.283. The first kappa shape index (κ1) is 21.4. The maximum Gasteiger partial charge on any atom is 0.272 e. The summed E-state index contributed by atoms with van der Waals surface area (Å²) in [5.74, 6) is -3.13. The second kappa shape index (κ2) is 9.00. The second-order valence-electron chi connectivity index (χ2n) is 5.77. The van der Waals surface area contributed by atoms with Gasteiger partial charge in [-0.3, -0.25) is 19.3 Å². The Morgan fingerprint density at radius 2 is 1.90 bits per heavy atom. The Hall–Kier alpha value is -2.33. The third-order valence-corrected chi connectivity index (χ3v) is 5.21. The summed E-state index contributed by atoms with van der Waals surface area (Å²) in [6.45, 7) is 0. The van der Waals surface area contributed by atoms with Crippen LogP contribution in [0.25, 0.3) is 0 Å². The zero-order chi connectivity index (χ0) is 21.1. The van der Waals surface area contributed by atoms with E-state index in [4.69, 9.17) is 35.4 Å². The van der Waals surface area contributed by atoms with Crippen LogP contribution in [0.4, 0.5) is 5.69 Å². The number of hydrazone groups is 1. The van der Waals surface area contributed by atoms with Crippen molar-refractivity contribution in [1.29, 1.82) is 0 Å². The van der Waals surface area contributed by atoms with Gasteiger partial charge in [0.15, 0.2) is 11.0 Å². The van der Waals surface area contributed by atoms with E-state index in [2.05, 4.69) is 31.8 Å². The van der Waals surface area contributed by atoms with Crippen LogP contribution in [0.15, 0.2) is 52.0 Å². The largest absolute Gasteiger partial charge is 0.301 e. The third kappa shape index (κ3) is 4.81. The van der Waals surface area contributed by atoms with Crippen LogP contribution in [-0.4, -0.2) is 29.0 Å². The average molecular weight is 514 g/mol. The molecule has 1 atom stereocenters. The first-order valence-electron chi connectivity index (χ1n) is 8.01. The number of rotatable bonds is 4. The minimum Gasteiger partial charge on any atom is -0.301 e. The number of amides is 3. The summed E-state index contributed by atoms with van der Waals surface area (Å²) in [6.07, 6.45) is 1.03. The van der Waals surface area contributed by atoms with E-state index in [0.29, 0.717) is 10.7 Å². The summed E-state index contributed by atoms with van der Waals surface area (Å²) < 4.78 is 0.822. The van der Waals surface area contributed by atoms with Gasteiger partial charge >= 0.3 is 0 Å². The Bertz CT molecular complexity index is 1050. The Balaban J connectivity index is 1.75. The Labute approximate surface area is 189 Å². The van der Waals surface area contributed by atoms with E-state index in [1.54, 1.807) is 24.3 Å². The lowest BCUT2D eigenvalue weighted by molar-refractivity contribution is -0.130. The molecule has 0 aliphatic carbocycles. The van der Waals surface area contributed by atoms with E-state index in [-0.39, 0.29) is 15.7 Å². The molecule has 0 radical (unpaired) electrons. The molecule has 0 spiro atoms. The van der Waals surface area contributed by atoms with Crippen LogP contribution in [0.2, 0.25) is 10.0 Å². The molecule has 7 nitrogen and oxygen atoms in total. The van der Waals surface area contributed by atoms with Crippen molar-refractivity contribution in [2.45, 2.75) is 0 Å². The molecular formula is C18H11BrCl2N4O3S. The van der Waals surface area contributed by atoms with E-state index in [1.807, 2.05) is 0 Å². The molecule has 0 unspecified atom stereocenters. The molecule has 1 aliphatic rings. The molecule has 1 fully saturated rings. The van der Waals surface area contributed by atoms with Gasteiger partial charge in [-0.1, -0.05) is 39.1 Å². The minimum absolute atomic E-state index is 0.0380. The van der Waals surface area contributed by atoms with Gasteiger partial charge in [-0.05, 0) is 54.7 Å². The van der Waals surface area contributed by atoms with Crippen LogP contribution in [0.5, 0.6) is 0 Å². The fraction of sp³-hybridized carbons (Fsp3) is 0.0556. The number of benzene rings is 2. The number of hydrogen-bond acceptors (Lipinski definition) is 5. The molecule has 1 saturated heterocycles. The molecule has 2 aromatic carbocycles. The average Bonchev–Trinajstić information content (AvgIpc) is 2.65. The standard InChI is InChI=1S/C18H11BrCl2N4O3S/c19-9-1-4-11(5-2-9)25-17(28)13(15(26)23-18(25)29)8-22-24-16(27)12-6-3-10(20)7-14(12)21/h1-8,13H,(H,24,27)(H,23,26,29)/b22-8-/t13-/m1/s1. The number of carbonyl (C=O) groups excluding carboxylic acids is 3. The van der Waals surface area contributed by atoms with E-state index in [9.17, 15) is 14.4 Å². The third-order valence-electron chi connectivity index (χ3n) is 3.85. The second-order valence-corrected chi connectivity index (χ2v) is 7.91. The maximum atomic E-state index is 12.8. The predicted octanol–water partition coefficient (Wildman–Crippen LogP) is 3.54. The van der Waals surface area contributed by atoms with Crippen LogP contribution in [-0.2, 0) is 9.59 Å². The lowest BCUT2D eigenvalue weighted by Gasteiger charge is -2.30. The summed E-state index contributed by atoms with van der Waals surface area (Å²) in [5, 5.41) is 6.66. The van der Waals surface area contributed by atoms with Gasteiger partial charge in [0.25, 0.3) is 11.8 Å². The lowest BCUT2D eigenvalue weighted by atomic mass is 10.1. The van der Waals surface area contributed by atoms with Gasteiger partial charge in [0.1, 0.15) is 0 Å². The zero-order valence-electron chi connectivity index (χ0n) is 14.4. The van der Waals surface area contributed by atoms with Crippen molar-refractivity contribution in [2.24, 2.45) is 11.0 Å². The fourth-order valence-corrected chi connectivity index (χ4v) is 3.52. The van der Waals surface area contributed by atoms with Gasteiger partial charge < -0.3 is 5.32 Å². The van der Waals surface area contributed by atoms with Crippen molar-refractivity contribution in [3.8, 4) is 0 Å². The maximum absolute atomic E-state index is 12.8. The van der Waals surface area contributed by atoms with Crippen LogP contribution in [0, 0.1) is 5.92 Å². The number of halogens is 3. The Morgan fingerprint density at radius 1 is 1.21 bits per heavy atom. The van der Waals surface area contributed by atoms with Crippen LogP contribution in [0.1, 0.15) is 10.4 Å². The molecule has 2 N–H and O–H groups in total. The number of hydrogen-bond donors (Lipinski definition) is 2. The SMILES string of the molecule is O=C(N/N=C\[C@@H]1C(=O)NC(=S)N(c2ccc(Br)cc2)C1=O)c1ccc(Cl)cc1Cl. The van der Waals surface area contributed by atoms with Crippen molar-refractivity contribution in [1.82, 2.24) is 10.7 Å². The topological polar surface area (TPSA) is 90.9 Å². The van der Waals surface area contributed by atoms with Crippen molar-refractivity contribution < 1.29 is 14.4 Å². The first-order chi connectivity index (χ1) is 13.8. The van der Waals surface area contributed by atoms with Gasteiger partial charge in [0.2, 0.25) is 5.91 Å². The molecule has 1 aliphatic heterocycles. The van der Waals surface area contributed by atoms with Crippen LogP contribution < -0.4 is 15.6 Å². The summed E-state index contributed by atoms with van der Waals surface area (Å²) in [6, 6.07) is 11.2. The van der Waals surface area contributed by atoms with E-state index >= 15 is 0 Å². The molecule has 0 bridgehead atoms. The van der Waals surface area contributed by atoms with Crippen molar-refractivity contribution in [3.63, 3.8) is 0 Å². The fourth-order valence-electron chi connectivity index (χ4n) is 2.46. The van der Waals surface area contributed by atoms with Gasteiger partial charge in [-0.2, -0.15) is 5.10 Å². The molecule has 11 heteroatoms. The molecule has 0 aromatic heterocycles. The van der Waals surface area contributed by atoms with Crippen LogP contribution in [0.3, 0.4) is 0 Å². The van der Waals surface area contributed by atoms with Gasteiger partial charge in [-0.25, -0.2) is 5.43 Å². The molecule has 1 heterocycles. The smallest absolute Gasteiger partial charge is 0.272 e.